The lowest BCUT2D eigenvalue weighted by atomic mass is 9.95. The van der Waals surface area contributed by atoms with Gasteiger partial charge >= 0.3 is 0 Å². The van der Waals surface area contributed by atoms with Crippen LogP contribution in [0.2, 0.25) is 0 Å². The van der Waals surface area contributed by atoms with Gasteiger partial charge in [-0.25, -0.2) is 8.78 Å². The summed E-state index contributed by atoms with van der Waals surface area (Å²) < 4.78 is 31.7. The molecule has 3 saturated heterocycles. The molecular formula is C15H27Cl2F2N3O2. The Balaban J connectivity index is 0.00000144. The van der Waals surface area contributed by atoms with Crippen LogP contribution in [0, 0.1) is 5.92 Å². The molecule has 0 saturated carbocycles. The molecule has 0 aromatic carbocycles. The van der Waals surface area contributed by atoms with E-state index in [9.17, 15) is 13.6 Å². The summed E-state index contributed by atoms with van der Waals surface area (Å²) in [5.41, 5.74) is 0. The standard InChI is InChI=1S/C15H25F2N3O2.2ClH/c16-15(17)9-13(18-11-15)14(21)20-3-1-12(2-4-20)10-19-5-7-22-8-6-19;;/h12-13,18H,1-11H2;2*1H. The smallest absolute Gasteiger partial charge is 0.262 e. The van der Waals surface area contributed by atoms with Crippen LogP contribution in [0.1, 0.15) is 19.3 Å². The maximum absolute atomic E-state index is 13.2. The van der Waals surface area contributed by atoms with Crippen LogP contribution < -0.4 is 5.32 Å². The van der Waals surface area contributed by atoms with Crippen molar-refractivity contribution in [2.24, 2.45) is 5.92 Å². The Kier molecular flexibility index (Phi) is 8.62. The molecule has 1 N–H and O–H groups in total. The van der Waals surface area contributed by atoms with Gasteiger partial charge in [-0.1, -0.05) is 0 Å². The normalized spacial score (nSPS) is 28.1. The molecule has 3 fully saturated rings. The van der Waals surface area contributed by atoms with E-state index in [0.29, 0.717) is 19.0 Å². The van der Waals surface area contributed by atoms with E-state index in [2.05, 4.69) is 10.2 Å². The van der Waals surface area contributed by atoms with Crippen LogP contribution in [-0.4, -0.2) is 80.2 Å². The average Bonchev–Trinajstić information content (AvgIpc) is 2.88. The van der Waals surface area contributed by atoms with Crippen molar-refractivity contribution < 1.29 is 18.3 Å². The Bertz CT molecular complexity index is 404. The number of ether oxygens (including phenoxy) is 1. The van der Waals surface area contributed by atoms with Crippen molar-refractivity contribution in [2.75, 3.05) is 52.5 Å². The minimum atomic E-state index is -2.74. The molecule has 3 aliphatic heterocycles. The van der Waals surface area contributed by atoms with Gasteiger partial charge < -0.3 is 9.64 Å². The zero-order valence-electron chi connectivity index (χ0n) is 13.7. The Morgan fingerprint density at radius 1 is 1.12 bits per heavy atom. The summed E-state index contributed by atoms with van der Waals surface area (Å²) in [6.07, 6.45) is 1.57. The lowest BCUT2D eigenvalue weighted by Gasteiger charge is -2.36. The van der Waals surface area contributed by atoms with Crippen molar-refractivity contribution in [2.45, 2.75) is 31.2 Å². The summed E-state index contributed by atoms with van der Waals surface area (Å²) in [5.74, 6) is -2.29. The van der Waals surface area contributed by atoms with Crippen molar-refractivity contribution in [1.29, 1.82) is 0 Å². The number of amides is 1. The second kappa shape index (κ2) is 9.48. The van der Waals surface area contributed by atoms with E-state index >= 15 is 0 Å². The van der Waals surface area contributed by atoms with Gasteiger partial charge in [0.1, 0.15) is 0 Å². The molecular weight excluding hydrogens is 363 g/mol. The molecule has 1 unspecified atom stereocenters. The molecule has 0 radical (unpaired) electrons. The second-order valence-electron chi connectivity index (χ2n) is 6.68. The Hall–Kier alpha value is -0.210. The van der Waals surface area contributed by atoms with Gasteiger partial charge in [-0.15, -0.1) is 24.8 Å². The quantitative estimate of drug-likeness (QED) is 0.792. The largest absolute Gasteiger partial charge is 0.379 e. The van der Waals surface area contributed by atoms with Crippen LogP contribution in [0.4, 0.5) is 8.78 Å². The Morgan fingerprint density at radius 3 is 2.29 bits per heavy atom. The molecule has 0 spiro atoms. The molecule has 1 amide bonds. The van der Waals surface area contributed by atoms with Crippen LogP contribution in [0.25, 0.3) is 0 Å². The Labute approximate surface area is 154 Å². The number of carbonyl (C=O) groups is 1. The number of likely N-dealkylation sites (tertiary alicyclic amines) is 1. The molecule has 3 aliphatic rings. The van der Waals surface area contributed by atoms with Crippen LogP contribution in [0.15, 0.2) is 0 Å². The molecule has 1 atom stereocenters. The SMILES string of the molecule is Cl.Cl.O=C(C1CC(F)(F)CN1)N1CCC(CN2CCOCC2)CC1. The highest BCUT2D eigenvalue weighted by Gasteiger charge is 2.43. The number of hydrogen-bond donors (Lipinski definition) is 1. The van der Waals surface area contributed by atoms with Crippen LogP contribution in [0.3, 0.4) is 0 Å². The van der Waals surface area contributed by atoms with Crippen molar-refractivity contribution in [1.82, 2.24) is 15.1 Å². The first-order chi connectivity index (χ1) is 10.5. The highest BCUT2D eigenvalue weighted by molar-refractivity contribution is 5.85. The van der Waals surface area contributed by atoms with Gasteiger partial charge in [0.15, 0.2) is 0 Å². The lowest BCUT2D eigenvalue weighted by molar-refractivity contribution is -0.135. The lowest BCUT2D eigenvalue weighted by Crippen LogP contribution is -2.48. The molecule has 0 aromatic rings. The summed E-state index contributed by atoms with van der Waals surface area (Å²) in [4.78, 5) is 16.5. The topological polar surface area (TPSA) is 44.8 Å². The average molecular weight is 390 g/mol. The third-order valence-corrected chi connectivity index (χ3v) is 4.95. The zero-order chi connectivity index (χ0) is 15.6. The summed E-state index contributed by atoms with van der Waals surface area (Å²) in [6, 6.07) is -0.703. The van der Waals surface area contributed by atoms with Crippen molar-refractivity contribution in [3.05, 3.63) is 0 Å². The van der Waals surface area contributed by atoms with E-state index in [0.717, 1.165) is 45.7 Å². The maximum Gasteiger partial charge on any atom is 0.262 e. The number of nitrogens with one attached hydrogen (secondary N) is 1. The first-order valence-electron chi connectivity index (χ1n) is 8.24. The van der Waals surface area contributed by atoms with E-state index in [-0.39, 0.29) is 43.7 Å². The highest BCUT2D eigenvalue weighted by atomic mass is 35.5. The number of rotatable bonds is 3. The third kappa shape index (κ3) is 5.66. The Morgan fingerprint density at radius 2 is 1.75 bits per heavy atom. The van der Waals surface area contributed by atoms with Gasteiger partial charge in [0, 0.05) is 39.1 Å². The molecule has 3 rings (SSSR count). The van der Waals surface area contributed by atoms with Gasteiger partial charge in [-0.2, -0.15) is 0 Å². The van der Waals surface area contributed by atoms with Gasteiger partial charge in [0.2, 0.25) is 5.91 Å². The van der Waals surface area contributed by atoms with E-state index in [1.807, 2.05) is 0 Å². The molecule has 0 bridgehead atoms. The number of hydrogen-bond acceptors (Lipinski definition) is 4. The minimum absolute atomic E-state index is 0. The highest BCUT2D eigenvalue weighted by Crippen LogP contribution is 2.27. The molecule has 24 heavy (non-hydrogen) atoms. The van der Waals surface area contributed by atoms with E-state index in [1.165, 1.54) is 0 Å². The number of morpholine rings is 1. The predicted octanol–water partition coefficient (Wildman–Crippen LogP) is 1.40. The van der Waals surface area contributed by atoms with Crippen molar-refractivity contribution in [3.8, 4) is 0 Å². The third-order valence-electron chi connectivity index (χ3n) is 4.95. The van der Waals surface area contributed by atoms with Gasteiger partial charge in [0.25, 0.3) is 5.92 Å². The molecule has 5 nitrogen and oxygen atoms in total. The van der Waals surface area contributed by atoms with Crippen LogP contribution in [-0.2, 0) is 9.53 Å². The summed E-state index contributed by atoms with van der Waals surface area (Å²) in [7, 11) is 0. The van der Waals surface area contributed by atoms with Gasteiger partial charge in [0.05, 0.1) is 25.8 Å². The van der Waals surface area contributed by atoms with Gasteiger partial charge in [-0.05, 0) is 18.8 Å². The summed E-state index contributed by atoms with van der Waals surface area (Å²) in [5, 5.41) is 2.66. The van der Waals surface area contributed by atoms with Crippen LogP contribution >= 0.6 is 24.8 Å². The van der Waals surface area contributed by atoms with E-state index < -0.39 is 12.0 Å². The van der Waals surface area contributed by atoms with Gasteiger partial charge in [-0.3, -0.25) is 15.0 Å². The fraction of sp³-hybridized carbons (Fsp3) is 0.933. The number of halogens is 4. The first kappa shape index (κ1) is 21.8. The number of alkyl halides is 2. The first-order valence-corrected chi connectivity index (χ1v) is 8.24. The summed E-state index contributed by atoms with van der Waals surface area (Å²) in [6.45, 7) is 5.65. The number of nitrogens with zero attached hydrogens (tertiary/aromatic N) is 2. The monoisotopic (exact) mass is 389 g/mol. The van der Waals surface area contributed by atoms with Crippen molar-refractivity contribution in [3.63, 3.8) is 0 Å². The molecule has 9 heteroatoms. The van der Waals surface area contributed by atoms with E-state index in [1.54, 1.807) is 4.90 Å². The molecule has 0 aromatic heterocycles. The molecule has 3 heterocycles. The number of piperidine rings is 1. The fourth-order valence-electron chi connectivity index (χ4n) is 3.60. The fourth-order valence-corrected chi connectivity index (χ4v) is 3.60. The maximum atomic E-state index is 13.2. The van der Waals surface area contributed by atoms with Crippen molar-refractivity contribution >= 4 is 30.7 Å². The summed E-state index contributed by atoms with van der Waals surface area (Å²) >= 11 is 0. The number of carbonyl (C=O) groups excluding carboxylic acids is 1. The minimum Gasteiger partial charge on any atom is -0.379 e. The van der Waals surface area contributed by atoms with Crippen LogP contribution in [0.5, 0.6) is 0 Å². The molecule has 0 aliphatic carbocycles. The molecule has 142 valence electrons. The second-order valence-corrected chi connectivity index (χ2v) is 6.68. The van der Waals surface area contributed by atoms with E-state index in [4.69, 9.17) is 4.74 Å². The zero-order valence-corrected chi connectivity index (χ0v) is 15.3. The predicted molar refractivity (Wildman–Crippen MR) is 92.4 cm³/mol.